The van der Waals surface area contributed by atoms with E-state index in [9.17, 15) is 4.39 Å². The highest BCUT2D eigenvalue weighted by atomic mass is 79.9. The summed E-state index contributed by atoms with van der Waals surface area (Å²) >= 11 is 3.24. The van der Waals surface area contributed by atoms with Crippen molar-refractivity contribution in [1.82, 2.24) is 5.32 Å². The summed E-state index contributed by atoms with van der Waals surface area (Å²) in [6.45, 7) is 1.55. The maximum atomic E-state index is 14.1. The Kier molecular flexibility index (Phi) is 4.54. The Bertz CT molecular complexity index is 380. The van der Waals surface area contributed by atoms with Crippen LogP contribution in [-0.2, 0) is 4.74 Å². The minimum absolute atomic E-state index is 0.0661. The van der Waals surface area contributed by atoms with Crippen LogP contribution in [0.25, 0.3) is 0 Å². The van der Waals surface area contributed by atoms with Gasteiger partial charge in [-0.05, 0) is 47.8 Å². The summed E-state index contributed by atoms with van der Waals surface area (Å²) < 4.78 is 20.0. The van der Waals surface area contributed by atoms with E-state index in [2.05, 4.69) is 21.2 Å². The number of ether oxygens (including phenoxy) is 1. The van der Waals surface area contributed by atoms with Gasteiger partial charge in [0.15, 0.2) is 0 Å². The first-order valence-electron chi connectivity index (χ1n) is 5.93. The molecule has 2 nitrogen and oxygen atoms in total. The molecule has 0 bridgehead atoms. The minimum Gasteiger partial charge on any atom is -0.381 e. The van der Waals surface area contributed by atoms with Crippen molar-refractivity contribution in [1.29, 1.82) is 0 Å². The molecule has 17 heavy (non-hydrogen) atoms. The van der Waals surface area contributed by atoms with Crippen LogP contribution >= 0.6 is 15.9 Å². The second kappa shape index (κ2) is 5.94. The molecule has 0 aliphatic carbocycles. The second-order valence-electron chi connectivity index (χ2n) is 4.36. The maximum absolute atomic E-state index is 14.1. The van der Waals surface area contributed by atoms with Gasteiger partial charge >= 0.3 is 0 Å². The first kappa shape index (κ1) is 13.0. The number of nitrogens with one attached hydrogen (secondary N) is 1. The molecular weight excluding hydrogens is 285 g/mol. The molecule has 1 fully saturated rings. The standard InChI is InChI=1S/C13H17BrFNO/c1-16-13(9-5-7-17-8-6-9)10-3-2-4-11(14)12(10)15/h2-4,9,13,16H,5-8H2,1H3. The van der Waals surface area contributed by atoms with Crippen molar-refractivity contribution < 1.29 is 9.13 Å². The lowest BCUT2D eigenvalue weighted by molar-refractivity contribution is 0.0541. The van der Waals surface area contributed by atoms with Gasteiger partial charge in [-0.3, -0.25) is 0 Å². The van der Waals surface area contributed by atoms with Gasteiger partial charge in [0.25, 0.3) is 0 Å². The second-order valence-corrected chi connectivity index (χ2v) is 5.21. The van der Waals surface area contributed by atoms with Crippen LogP contribution in [0.3, 0.4) is 0 Å². The summed E-state index contributed by atoms with van der Waals surface area (Å²) in [7, 11) is 1.89. The topological polar surface area (TPSA) is 21.3 Å². The Morgan fingerprint density at radius 1 is 1.41 bits per heavy atom. The average Bonchev–Trinajstić information content (AvgIpc) is 2.37. The van der Waals surface area contributed by atoms with Gasteiger partial charge in [0.05, 0.1) is 4.47 Å². The molecule has 0 saturated carbocycles. The molecule has 0 aromatic heterocycles. The summed E-state index contributed by atoms with van der Waals surface area (Å²) in [5.41, 5.74) is 0.744. The summed E-state index contributed by atoms with van der Waals surface area (Å²) in [6, 6.07) is 5.54. The van der Waals surface area contributed by atoms with Gasteiger partial charge in [0, 0.05) is 24.8 Å². The Morgan fingerprint density at radius 2 is 2.12 bits per heavy atom. The lowest BCUT2D eigenvalue weighted by Crippen LogP contribution is -2.30. The largest absolute Gasteiger partial charge is 0.381 e. The van der Waals surface area contributed by atoms with Crippen molar-refractivity contribution in [3.63, 3.8) is 0 Å². The number of hydrogen-bond donors (Lipinski definition) is 1. The van der Waals surface area contributed by atoms with Crippen molar-refractivity contribution in [2.45, 2.75) is 18.9 Å². The SMILES string of the molecule is CNC(c1cccc(Br)c1F)C1CCOCC1. The van der Waals surface area contributed by atoms with Crippen LogP contribution in [0.5, 0.6) is 0 Å². The van der Waals surface area contributed by atoms with Crippen LogP contribution in [0.4, 0.5) is 4.39 Å². The fraction of sp³-hybridized carbons (Fsp3) is 0.538. The molecule has 0 amide bonds. The van der Waals surface area contributed by atoms with E-state index in [-0.39, 0.29) is 11.9 Å². The molecule has 0 radical (unpaired) electrons. The van der Waals surface area contributed by atoms with Crippen LogP contribution in [0.15, 0.2) is 22.7 Å². The lowest BCUT2D eigenvalue weighted by atomic mass is 9.87. The highest BCUT2D eigenvalue weighted by molar-refractivity contribution is 9.10. The van der Waals surface area contributed by atoms with E-state index >= 15 is 0 Å². The van der Waals surface area contributed by atoms with E-state index in [4.69, 9.17) is 4.74 Å². The van der Waals surface area contributed by atoms with Crippen LogP contribution in [0, 0.1) is 11.7 Å². The third kappa shape index (κ3) is 2.87. The normalized spacial score (nSPS) is 19.2. The van der Waals surface area contributed by atoms with E-state index < -0.39 is 0 Å². The molecular formula is C13H17BrFNO. The number of rotatable bonds is 3. The van der Waals surface area contributed by atoms with Crippen molar-refractivity contribution in [2.24, 2.45) is 5.92 Å². The fourth-order valence-corrected chi connectivity index (χ4v) is 2.84. The summed E-state index contributed by atoms with van der Waals surface area (Å²) in [4.78, 5) is 0. The summed E-state index contributed by atoms with van der Waals surface area (Å²) in [6.07, 6.45) is 1.97. The lowest BCUT2D eigenvalue weighted by Gasteiger charge is -2.30. The zero-order chi connectivity index (χ0) is 12.3. The third-order valence-electron chi connectivity index (χ3n) is 3.36. The number of benzene rings is 1. The van der Waals surface area contributed by atoms with E-state index in [1.807, 2.05) is 19.2 Å². The summed E-state index contributed by atoms with van der Waals surface area (Å²) in [5.74, 6) is 0.288. The van der Waals surface area contributed by atoms with E-state index in [0.29, 0.717) is 10.4 Å². The molecule has 2 rings (SSSR count). The van der Waals surface area contributed by atoms with Gasteiger partial charge in [-0.1, -0.05) is 12.1 Å². The molecule has 1 aromatic carbocycles. The molecule has 1 saturated heterocycles. The van der Waals surface area contributed by atoms with E-state index in [1.165, 1.54) is 0 Å². The predicted octanol–water partition coefficient (Wildman–Crippen LogP) is 3.28. The van der Waals surface area contributed by atoms with Crippen molar-refractivity contribution >= 4 is 15.9 Å². The zero-order valence-corrected chi connectivity index (χ0v) is 11.5. The molecule has 1 N–H and O–H groups in total. The molecule has 4 heteroatoms. The number of hydrogen-bond acceptors (Lipinski definition) is 2. The van der Waals surface area contributed by atoms with Crippen LogP contribution in [0.2, 0.25) is 0 Å². The Morgan fingerprint density at radius 3 is 2.76 bits per heavy atom. The first-order valence-corrected chi connectivity index (χ1v) is 6.72. The van der Waals surface area contributed by atoms with Crippen molar-refractivity contribution in [3.05, 3.63) is 34.1 Å². The summed E-state index contributed by atoms with van der Waals surface area (Å²) in [5, 5.41) is 3.24. The van der Waals surface area contributed by atoms with Gasteiger partial charge < -0.3 is 10.1 Å². The zero-order valence-electron chi connectivity index (χ0n) is 9.88. The monoisotopic (exact) mass is 301 g/mol. The average molecular weight is 302 g/mol. The predicted molar refractivity (Wildman–Crippen MR) is 69.4 cm³/mol. The van der Waals surface area contributed by atoms with E-state index in [1.54, 1.807) is 6.07 Å². The number of halogens is 2. The smallest absolute Gasteiger partial charge is 0.142 e. The molecule has 1 aliphatic heterocycles. The minimum atomic E-state index is -0.154. The molecule has 1 aromatic rings. The highest BCUT2D eigenvalue weighted by Gasteiger charge is 2.26. The maximum Gasteiger partial charge on any atom is 0.142 e. The highest BCUT2D eigenvalue weighted by Crippen LogP contribution is 2.33. The molecule has 1 unspecified atom stereocenters. The molecule has 1 atom stereocenters. The van der Waals surface area contributed by atoms with Gasteiger partial charge in [0.1, 0.15) is 5.82 Å². The fourth-order valence-electron chi connectivity index (χ4n) is 2.45. The Labute approximate surface area is 110 Å². The van der Waals surface area contributed by atoms with Gasteiger partial charge in [-0.25, -0.2) is 4.39 Å². The first-order chi connectivity index (χ1) is 8.24. The van der Waals surface area contributed by atoms with Crippen LogP contribution < -0.4 is 5.32 Å². The molecule has 0 spiro atoms. The third-order valence-corrected chi connectivity index (χ3v) is 3.98. The van der Waals surface area contributed by atoms with Crippen molar-refractivity contribution in [2.75, 3.05) is 20.3 Å². The van der Waals surface area contributed by atoms with Gasteiger partial charge in [-0.2, -0.15) is 0 Å². The van der Waals surface area contributed by atoms with Gasteiger partial charge in [-0.15, -0.1) is 0 Å². The molecule has 1 aliphatic rings. The Hall–Kier alpha value is -0.450. The Balaban J connectivity index is 2.24. The van der Waals surface area contributed by atoms with Gasteiger partial charge in [0.2, 0.25) is 0 Å². The molecule has 94 valence electrons. The quantitative estimate of drug-likeness (QED) is 0.925. The van der Waals surface area contributed by atoms with E-state index in [0.717, 1.165) is 31.6 Å². The van der Waals surface area contributed by atoms with Crippen molar-refractivity contribution in [3.8, 4) is 0 Å². The van der Waals surface area contributed by atoms with Crippen LogP contribution in [0.1, 0.15) is 24.4 Å². The van der Waals surface area contributed by atoms with Crippen LogP contribution in [-0.4, -0.2) is 20.3 Å². The molecule has 1 heterocycles.